The summed E-state index contributed by atoms with van der Waals surface area (Å²) in [6.07, 6.45) is 3.29. The van der Waals surface area contributed by atoms with Crippen LogP contribution in [-0.4, -0.2) is 26.1 Å². The first-order valence-corrected chi connectivity index (χ1v) is 7.03. The molecule has 1 heterocycles. The van der Waals surface area contributed by atoms with E-state index in [0.29, 0.717) is 30.3 Å². The first-order chi connectivity index (χ1) is 10.8. The maximum Gasteiger partial charge on any atom is 0.185 e. The van der Waals surface area contributed by atoms with E-state index >= 15 is 0 Å². The summed E-state index contributed by atoms with van der Waals surface area (Å²) in [5, 5.41) is 0. The van der Waals surface area contributed by atoms with Gasteiger partial charge >= 0.3 is 0 Å². The average molecular weight is 296 g/mol. The number of rotatable bonds is 4. The van der Waals surface area contributed by atoms with E-state index in [2.05, 4.69) is 0 Å². The molecule has 3 rings (SSSR count). The molecule has 112 valence electrons. The summed E-state index contributed by atoms with van der Waals surface area (Å²) in [7, 11) is 1.59. The SMILES string of the molecule is COc1ccc(C(=O)/C=C/c2cccc3c2OCCO3)cc1. The standard InChI is InChI=1S/C18H16O4/c1-20-15-8-5-13(6-9-15)16(19)10-7-14-3-2-4-17-18(14)22-12-11-21-17/h2-10H,11-12H2,1H3/b10-7+. The Kier molecular flexibility index (Phi) is 4.10. The highest BCUT2D eigenvalue weighted by Gasteiger charge is 2.14. The van der Waals surface area contributed by atoms with Crippen molar-refractivity contribution in [2.24, 2.45) is 0 Å². The van der Waals surface area contributed by atoms with Crippen molar-refractivity contribution < 1.29 is 19.0 Å². The summed E-state index contributed by atoms with van der Waals surface area (Å²) < 4.78 is 16.2. The number of carbonyl (C=O) groups excluding carboxylic acids is 1. The van der Waals surface area contributed by atoms with Gasteiger partial charge in [-0.05, 0) is 42.5 Å². The first kappa shape index (κ1) is 14.2. The van der Waals surface area contributed by atoms with Gasteiger partial charge in [0.15, 0.2) is 17.3 Å². The Hall–Kier alpha value is -2.75. The van der Waals surface area contributed by atoms with Crippen LogP contribution in [0, 0.1) is 0 Å². The highest BCUT2D eigenvalue weighted by molar-refractivity contribution is 6.07. The van der Waals surface area contributed by atoms with Gasteiger partial charge in [0, 0.05) is 11.1 Å². The second-order valence-corrected chi connectivity index (χ2v) is 4.80. The van der Waals surface area contributed by atoms with Gasteiger partial charge in [0.1, 0.15) is 19.0 Å². The van der Waals surface area contributed by atoms with E-state index in [1.54, 1.807) is 37.5 Å². The maximum absolute atomic E-state index is 12.2. The molecule has 1 aliphatic heterocycles. The van der Waals surface area contributed by atoms with Gasteiger partial charge in [-0.15, -0.1) is 0 Å². The van der Waals surface area contributed by atoms with Gasteiger partial charge in [0.2, 0.25) is 0 Å². The zero-order chi connectivity index (χ0) is 15.4. The molecule has 0 amide bonds. The minimum Gasteiger partial charge on any atom is -0.497 e. The number of hydrogen-bond acceptors (Lipinski definition) is 4. The van der Waals surface area contributed by atoms with Crippen LogP contribution in [0.3, 0.4) is 0 Å². The number of methoxy groups -OCH3 is 1. The van der Waals surface area contributed by atoms with E-state index in [1.165, 1.54) is 6.08 Å². The summed E-state index contributed by atoms with van der Waals surface area (Å²) in [6.45, 7) is 1.06. The van der Waals surface area contributed by atoms with E-state index in [9.17, 15) is 4.79 Å². The smallest absolute Gasteiger partial charge is 0.185 e. The van der Waals surface area contributed by atoms with Crippen LogP contribution < -0.4 is 14.2 Å². The van der Waals surface area contributed by atoms with Gasteiger partial charge in [0.25, 0.3) is 0 Å². The molecule has 0 aliphatic carbocycles. The second kappa shape index (κ2) is 6.35. The van der Waals surface area contributed by atoms with Crippen LogP contribution in [-0.2, 0) is 0 Å². The molecule has 0 fully saturated rings. The third-order valence-electron chi connectivity index (χ3n) is 3.39. The minimum atomic E-state index is -0.0722. The number of ketones is 1. The Morgan fingerprint density at radius 2 is 1.86 bits per heavy atom. The monoisotopic (exact) mass is 296 g/mol. The van der Waals surface area contributed by atoms with Gasteiger partial charge < -0.3 is 14.2 Å². The van der Waals surface area contributed by atoms with Crippen molar-refractivity contribution in [3.05, 3.63) is 59.7 Å². The number of fused-ring (bicyclic) bond motifs is 1. The number of allylic oxidation sites excluding steroid dienone is 1. The summed E-state index contributed by atoms with van der Waals surface area (Å²) in [4.78, 5) is 12.2. The summed E-state index contributed by atoms with van der Waals surface area (Å²) in [6, 6.07) is 12.6. The molecule has 0 N–H and O–H groups in total. The van der Waals surface area contributed by atoms with Crippen LogP contribution in [0.5, 0.6) is 17.2 Å². The molecule has 0 bridgehead atoms. The van der Waals surface area contributed by atoms with Crippen LogP contribution in [0.15, 0.2) is 48.5 Å². The third kappa shape index (κ3) is 2.96. The minimum absolute atomic E-state index is 0.0722. The Balaban J connectivity index is 1.80. The van der Waals surface area contributed by atoms with Crippen molar-refractivity contribution in [3.8, 4) is 17.2 Å². The molecule has 22 heavy (non-hydrogen) atoms. The van der Waals surface area contributed by atoms with Crippen molar-refractivity contribution in [1.29, 1.82) is 0 Å². The number of carbonyl (C=O) groups is 1. The van der Waals surface area contributed by atoms with Crippen LogP contribution in [0.4, 0.5) is 0 Å². The van der Waals surface area contributed by atoms with Gasteiger partial charge in [-0.3, -0.25) is 4.79 Å². The second-order valence-electron chi connectivity index (χ2n) is 4.80. The molecule has 0 aromatic heterocycles. The fourth-order valence-corrected chi connectivity index (χ4v) is 2.24. The molecule has 0 spiro atoms. The molecule has 1 aliphatic rings. The van der Waals surface area contributed by atoms with E-state index in [-0.39, 0.29) is 5.78 Å². The molecular formula is C18H16O4. The molecule has 2 aromatic rings. The number of benzene rings is 2. The predicted octanol–water partition coefficient (Wildman–Crippen LogP) is 3.36. The Bertz CT molecular complexity index is 702. The highest BCUT2D eigenvalue weighted by Crippen LogP contribution is 2.34. The van der Waals surface area contributed by atoms with Gasteiger partial charge in [0.05, 0.1) is 7.11 Å². The highest BCUT2D eigenvalue weighted by atomic mass is 16.6. The normalized spacial score (nSPS) is 13.1. The lowest BCUT2D eigenvalue weighted by molar-refractivity contribution is 0.104. The van der Waals surface area contributed by atoms with E-state index in [1.807, 2.05) is 18.2 Å². The fourth-order valence-electron chi connectivity index (χ4n) is 2.24. The molecule has 0 saturated heterocycles. The van der Waals surface area contributed by atoms with Crippen LogP contribution in [0.2, 0.25) is 0 Å². The van der Waals surface area contributed by atoms with E-state index in [4.69, 9.17) is 14.2 Å². The van der Waals surface area contributed by atoms with Crippen LogP contribution in [0.25, 0.3) is 6.08 Å². The lowest BCUT2D eigenvalue weighted by Gasteiger charge is -2.19. The molecule has 4 heteroatoms. The Morgan fingerprint density at radius 1 is 1.09 bits per heavy atom. The largest absolute Gasteiger partial charge is 0.497 e. The lowest BCUT2D eigenvalue weighted by atomic mass is 10.1. The van der Waals surface area contributed by atoms with Crippen LogP contribution in [0.1, 0.15) is 15.9 Å². The molecule has 0 saturated carbocycles. The molecular weight excluding hydrogens is 280 g/mol. The van der Waals surface area contributed by atoms with Crippen molar-refractivity contribution in [1.82, 2.24) is 0 Å². The van der Waals surface area contributed by atoms with Crippen molar-refractivity contribution >= 4 is 11.9 Å². The summed E-state index contributed by atoms with van der Waals surface area (Å²) in [5.41, 5.74) is 1.44. The Labute approximate surface area is 128 Å². The average Bonchev–Trinajstić information content (AvgIpc) is 2.59. The fraction of sp³-hybridized carbons (Fsp3) is 0.167. The number of ether oxygens (including phenoxy) is 3. The van der Waals surface area contributed by atoms with Crippen molar-refractivity contribution in [2.75, 3.05) is 20.3 Å². The molecule has 2 aromatic carbocycles. The van der Waals surface area contributed by atoms with Crippen molar-refractivity contribution in [3.63, 3.8) is 0 Å². The van der Waals surface area contributed by atoms with E-state index in [0.717, 1.165) is 11.3 Å². The van der Waals surface area contributed by atoms with Crippen molar-refractivity contribution in [2.45, 2.75) is 0 Å². The topological polar surface area (TPSA) is 44.8 Å². The van der Waals surface area contributed by atoms with Crippen LogP contribution >= 0.6 is 0 Å². The Morgan fingerprint density at radius 3 is 2.64 bits per heavy atom. The molecule has 4 nitrogen and oxygen atoms in total. The quantitative estimate of drug-likeness (QED) is 0.641. The summed E-state index contributed by atoms with van der Waals surface area (Å²) >= 11 is 0. The van der Waals surface area contributed by atoms with E-state index < -0.39 is 0 Å². The zero-order valence-electron chi connectivity index (χ0n) is 12.2. The molecule has 0 atom stereocenters. The van der Waals surface area contributed by atoms with Gasteiger partial charge in [-0.1, -0.05) is 12.1 Å². The molecule has 0 unspecified atom stereocenters. The third-order valence-corrected chi connectivity index (χ3v) is 3.39. The predicted molar refractivity (Wildman–Crippen MR) is 83.8 cm³/mol. The number of hydrogen-bond donors (Lipinski definition) is 0. The zero-order valence-corrected chi connectivity index (χ0v) is 12.2. The van der Waals surface area contributed by atoms with Gasteiger partial charge in [-0.2, -0.15) is 0 Å². The van der Waals surface area contributed by atoms with Gasteiger partial charge in [-0.25, -0.2) is 0 Å². The lowest BCUT2D eigenvalue weighted by Crippen LogP contribution is -2.15. The number of para-hydroxylation sites is 1. The maximum atomic E-state index is 12.2. The first-order valence-electron chi connectivity index (χ1n) is 7.03. The molecule has 0 radical (unpaired) electrons. The summed E-state index contributed by atoms with van der Waals surface area (Å²) in [5.74, 6) is 2.05.